The first kappa shape index (κ1) is 19.5. The second-order valence-corrected chi connectivity index (χ2v) is 6.36. The Hall–Kier alpha value is -3.30. The molecule has 144 valence electrons. The molecule has 1 unspecified atom stereocenters. The van der Waals surface area contributed by atoms with Crippen LogP contribution in [-0.4, -0.2) is 37.7 Å². The maximum atomic E-state index is 12.5. The summed E-state index contributed by atoms with van der Waals surface area (Å²) >= 11 is 0. The zero-order valence-corrected chi connectivity index (χ0v) is 15.4. The van der Waals surface area contributed by atoms with Crippen molar-refractivity contribution < 1.29 is 19.1 Å². The molecule has 6 heteroatoms. The molecule has 28 heavy (non-hydrogen) atoms. The van der Waals surface area contributed by atoms with Crippen molar-refractivity contribution in [1.82, 2.24) is 5.32 Å². The van der Waals surface area contributed by atoms with E-state index in [9.17, 15) is 9.59 Å². The third-order valence-electron chi connectivity index (χ3n) is 4.35. The lowest BCUT2D eigenvalue weighted by atomic mass is 10.1. The number of benzene rings is 2. The van der Waals surface area contributed by atoms with E-state index in [4.69, 9.17) is 15.9 Å². The molecule has 0 saturated carbocycles. The molecule has 1 heterocycles. The van der Waals surface area contributed by atoms with Crippen molar-refractivity contribution in [2.24, 2.45) is 0 Å². The molecule has 0 radical (unpaired) electrons. The van der Waals surface area contributed by atoms with Gasteiger partial charge in [-0.05, 0) is 49.2 Å². The van der Waals surface area contributed by atoms with Gasteiger partial charge in [0.15, 0.2) is 0 Å². The van der Waals surface area contributed by atoms with Gasteiger partial charge in [0.2, 0.25) is 0 Å². The molecule has 2 amide bonds. The first-order valence-electron chi connectivity index (χ1n) is 9.14. The molecule has 2 N–H and O–H groups in total. The summed E-state index contributed by atoms with van der Waals surface area (Å²) in [6.07, 6.45) is 7.38. The number of ether oxygens (including phenoxy) is 2. The fraction of sp³-hybridized carbons (Fsp3) is 0.273. The van der Waals surface area contributed by atoms with Crippen molar-refractivity contribution >= 4 is 17.5 Å². The van der Waals surface area contributed by atoms with Crippen LogP contribution in [0.5, 0.6) is 5.75 Å². The predicted molar refractivity (Wildman–Crippen MR) is 106 cm³/mol. The Morgan fingerprint density at radius 1 is 1.14 bits per heavy atom. The number of terminal acetylenes is 1. The van der Waals surface area contributed by atoms with Crippen LogP contribution in [0.1, 0.15) is 33.6 Å². The van der Waals surface area contributed by atoms with Gasteiger partial charge in [0.25, 0.3) is 11.8 Å². The molecule has 1 saturated heterocycles. The Morgan fingerprint density at radius 2 is 1.93 bits per heavy atom. The van der Waals surface area contributed by atoms with Gasteiger partial charge in [-0.3, -0.25) is 9.59 Å². The number of amides is 2. The minimum Gasteiger partial charge on any atom is -0.491 e. The van der Waals surface area contributed by atoms with E-state index >= 15 is 0 Å². The topological polar surface area (TPSA) is 76.7 Å². The number of hydrogen-bond donors (Lipinski definition) is 2. The minimum absolute atomic E-state index is 0.120. The summed E-state index contributed by atoms with van der Waals surface area (Å²) in [7, 11) is 0. The highest BCUT2D eigenvalue weighted by Gasteiger charge is 2.16. The Balaban J connectivity index is 1.61. The number of carbonyl (C=O) groups is 2. The van der Waals surface area contributed by atoms with Crippen molar-refractivity contribution in [2.75, 3.05) is 25.1 Å². The highest BCUT2D eigenvalue weighted by molar-refractivity contribution is 6.09. The number of hydrogen-bond acceptors (Lipinski definition) is 4. The summed E-state index contributed by atoms with van der Waals surface area (Å²) in [6, 6.07) is 13.6. The fourth-order valence-corrected chi connectivity index (χ4v) is 2.88. The normalized spacial score (nSPS) is 15.5. The number of anilines is 1. The average Bonchev–Trinajstić information content (AvgIpc) is 3.25. The van der Waals surface area contributed by atoms with Gasteiger partial charge in [-0.1, -0.05) is 18.1 Å². The first-order valence-corrected chi connectivity index (χ1v) is 9.14. The van der Waals surface area contributed by atoms with Crippen LogP contribution in [0.25, 0.3) is 0 Å². The standard InChI is InChI=1S/C22H22N2O4/c1-2-13-23-22(26)19-7-3-4-8-20(19)24-21(25)16-9-11-17(12-10-16)28-15-18-6-5-14-27-18/h1,3-4,7-12,18H,5-6,13-15H2,(H,23,26)(H,24,25). The molecule has 0 bridgehead atoms. The lowest BCUT2D eigenvalue weighted by molar-refractivity contribution is 0.0679. The SMILES string of the molecule is C#CCNC(=O)c1ccccc1NC(=O)c1ccc(OCC2CCCO2)cc1. The molecule has 2 aromatic rings. The monoisotopic (exact) mass is 378 g/mol. The van der Waals surface area contributed by atoms with E-state index < -0.39 is 0 Å². The van der Waals surface area contributed by atoms with Gasteiger partial charge >= 0.3 is 0 Å². The van der Waals surface area contributed by atoms with Crippen LogP contribution in [-0.2, 0) is 4.74 Å². The summed E-state index contributed by atoms with van der Waals surface area (Å²) in [5.74, 6) is 2.37. The maximum absolute atomic E-state index is 12.5. The fourth-order valence-electron chi connectivity index (χ4n) is 2.88. The van der Waals surface area contributed by atoms with Crippen molar-refractivity contribution in [3.63, 3.8) is 0 Å². The molecule has 1 fully saturated rings. The summed E-state index contributed by atoms with van der Waals surface area (Å²) in [5, 5.41) is 5.36. The Kier molecular flexibility index (Phi) is 6.66. The molecular weight excluding hydrogens is 356 g/mol. The Bertz CT molecular complexity index is 865. The van der Waals surface area contributed by atoms with Crippen molar-refractivity contribution in [1.29, 1.82) is 0 Å². The van der Waals surface area contributed by atoms with Gasteiger partial charge in [0.1, 0.15) is 12.4 Å². The van der Waals surface area contributed by atoms with Crippen LogP contribution in [0.15, 0.2) is 48.5 Å². The first-order chi connectivity index (χ1) is 13.7. The lowest BCUT2D eigenvalue weighted by Crippen LogP contribution is -2.25. The second kappa shape index (κ2) is 9.58. The van der Waals surface area contributed by atoms with Crippen LogP contribution in [0.3, 0.4) is 0 Å². The predicted octanol–water partition coefficient (Wildman–Crippen LogP) is 2.86. The van der Waals surface area contributed by atoms with E-state index in [2.05, 4.69) is 16.6 Å². The van der Waals surface area contributed by atoms with E-state index in [1.54, 1.807) is 48.5 Å². The molecule has 1 aliphatic rings. The van der Waals surface area contributed by atoms with Gasteiger partial charge in [-0.15, -0.1) is 6.42 Å². The highest BCUT2D eigenvalue weighted by Crippen LogP contribution is 2.19. The third-order valence-corrected chi connectivity index (χ3v) is 4.35. The maximum Gasteiger partial charge on any atom is 0.255 e. The van der Waals surface area contributed by atoms with Gasteiger partial charge in [0, 0.05) is 12.2 Å². The third kappa shape index (κ3) is 5.12. The van der Waals surface area contributed by atoms with E-state index in [0.717, 1.165) is 19.4 Å². The molecule has 0 aromatic heterocycles. The van der Waals surface area contributed by atoms with E-state index in [-0.39, 0.29) is 24.5 Å². The molecule has 1 aliphatic heterocycles. The van der Waals surface area contributed by atoms with Crippen LogP contribution in [0, 0.1) is 12.3 Å². The van der Waals surface area contributed by atoms with Crippen molar-refractivity contribution in [3.8, 4) is 18.1 Å². The molecular formula is C22H22N2O4. The molecule has 0 aliphatic carbocycles. The molecule has 0 spiro atoms. The van der Waals surface area contributed by atoms with E-state index in [1.807, 2.05) is 0 Å². The largest absolute Gasteiger partial charge is 0.491 e. The number of rotatable bonds is 7. The van der Waals surface area contributed by atoms with Crippen molar-refractivity contribution in [2.45, 2.75) is 18.9 Å². The lowest BCUT2D eigenvalue weighted by Gasteiger charge is -2.12. The zero-order chi connectivity index (χ0) is 19.8. The molecule has 2 aromatic carbocycles. The van der Waals surface area contributed by atoms with Crippen LogP contribution in [0.2, 0.25) is 0 Å². The minimum atomic E-state index is -0.341. The van der Waals surface area contributed by atoms with Crippen LogP contribution >= 0.6 is 0 Å². The van der Waals surface area contributed by atoms with Crippen LogP contribution < -0.4 is 15.4 Å². The van der Waals surface area contributed by atoms with Gasteiger partial charge in [-0.25, -0.2) is 0 Å². The van der Waals surface area contributed by atoms with E-state index in [1.165, 1.54) is 0 Å². The summed E-state index contributed by atoms with van der Waals surface area (Å²) in [5.41, 5.74) is 1.23. The van der Waals surface area contributed by atoms with E-state index in [0.29, 0.717) is 29.2 Å². The Labute approximate surface area is 164 Å². The quantitative estimate of drug-likeness (QED) is 0.727. The second-order valence-electron chi connectivity index (χ2n) is 6.36. The summed E-state index contributed by atoms with van der Waals surface area (Å²) in [4.78, 5) is 24.7. The van der Waals surface area contributed by atoms with Crippen molar-refractivity contribution in [3.05, 3.63) is 59.7 Å². The molecule has 6 nitrogen and oxygen atoms in total. The average molecular weight is 378 g/mol. The summed E-state index contributed by atoms with van der Waals surface area (Å²) in [6.45, 7) is 1.41. The van der Waals surface area contributed by atoms with Gasteiger partial charge in [-0.2, -0.15) is 0 Å². The summed E-state index contributed by atoms with van der Waals surface area (Å²) < 4.78 is 11.2. The molecule has 3 rings (SSSR count). The highest BCUT2D eigenvalue weighted by atomic mass is 16.5. The van der Waals surface area contributed by atoms with Gasteiger partial charge < -0.3 is 20.1 Å². The molecule has 1 atom stereocenters. The number of carbonyl (C=O) groups excluding carboxylic acids is 2. The van der Waals surface area contributed by atoms with Crippen LogP contribution in [0.4, 0.5) is 5.69 Å². The zero-order valence-electron chi connectivity index (χ0n) is 15.4. The number of nitrogens with one attached hydrogen (secondary N) is 2. The van der Waals surface area contributed by atoms with Gasteiger partial charge in [0.05, 0.1) is 23.9 Å². The number of para-hydroxylation sites is 1. The Morgan fingerprint density at radius 3 is 2.64 bits per heavy atom. The smallest absolute Gasteiger partial charge is 0.255 e.